The van der Waals surface area contributed by atoms with E-state index in [9.17, 15) is 4.79 Å². The number of aliphatic carboxylic acids is 1. The van der Waals surface area contributed by atoms with Crippen LogP contribution in [0.5, 0.6) is 11.5 Å². The molecule has 0 heterocycles. The molecule has 0 bridgehead atoms. The predicted molar refractivity (Wildman–Crippen MR) is 148 cm³/mol. The lowest BCUT2D eigenvalue weighted by Gasteiger charge is -2.26. The lowest BCUT2D eigenvalue weighted by Crippen LogP contribution is -2.18. The van der Waals surface area contributed by atoms with Gasteiger partial charge in [0.05, 0.1) is 0 Å². The van der Waals surface area contributed by atoms with E-state index < -0.39 is 5.97 Å². The highest BCUT2D eigenvalue weighted by atomic mass is 16.5. The average molecular weight is 479 g/mol. The highest BCUT2D eigenvalue weighted by molar-refractivity contribution is 5.78. The maximum Gasteiger partial charge on any atom is 0.327 e. The van der Waals surface area contributed by atoms with E-state index >= 15 is 0 Å². The number of benzene rings is 4. The third-order valence-electron chi connectivity index (χ3n) is 6.55. The smallest absolute Gasteiger partial charge is 0.327 e. The van der Waals surface area contributed by atoms with E-state index in [4.69, 9.17) is 9.84 Å². The Balaban J connectivity index is 0.000000658. The van der Waals surface area contributed by atoms with Crippen molar-refractivity contribution in [2.75, 3.05) is 0 Å². The van der Waals surface area contributed by atoms with Gasteiger partial charge < -0.3 is 9.84 Å². The number of carboxylic acids is 1. The van der Waals surface area contributed by atoms with E-state index in [0.29, 0.717) is 0 Å². The van der Waals surface area contributed by atoms with E-state index in [1.54, 1.807) is 0 Å². The van der Waals surface area contributed by atoms with Crippen LogP contribution in [0.15, 0.2) is 122 Å². The SMILES string of the molecule is C=CC(=O)O.CC(C)(c1ccccc1)c1ccc(Oc2ccc(C(C)(C)c3ccccc3)cc2)cc1. The summed E-state index contributed by atoms with van der Waals surface area (Å²) < 4.78 is 6.13. The van der Waals surface area contributed by atoms with Crippen molar-refractivity contribution in [2.24, 2.45) is 0 Å². The minimum absolute atomic E-state index is 0.0511. The second-order valence-corrected chi connectivity index (χ2v) is 9.68. The fraction of sp³-hybridized carbons (Fsp3) is 0.182. The van der Waals surface area contributed by atoms with Crippen LogP contribution < -0.4 is 4.74 Å². The minimum atomic E-state index is -0.981. The standard InChI is InChI=1S/C30H30O.C3H4O2/c1-29(2,23-11-7-5-8-12-23)25-15-19-27(20-16-25)31-28-21-17-26(18-22-28)30(3,4)24-13-9-6-10-14-24;1-2-3(4)5/h5-22H,1-4H3;2H,1H2,(H,4,5). The Kier molecular flexibility index (Phi) is 8.50. The van der Waals surface area contributed by atoms with Gasteiger partial charge in [0, 0.05) is 16.9 Å². The summed E-state index contributed by atoms with van der Waals surface area (Å²) in [5, 5.41) is 7.60. The van der Waals surface area contributed by atoms with E-state index in [0.717, 1.165) is 17.6 Å². The largest absolute Gasteiger partial charge is 0.478 e. The third-order valence-corrected chi connectivity index (χ3v) is 6.55. The van der Waals surface area contributed by atoms with Crippen molar-refractivity contribution < 1.29 is 14.6 Å². The summed E-state index contributed by atoms with van der Waals surface area (Å²) in [6.07, 6.45) is 0.833. The van der Waals surface area contributed by atoms with Gasteiger partial charge in [0.2, 0.25) is 0 Å². The van der Waals surface area contributed by atoms with Crippen LogP contribution in [0.25, 0.3) is 0 Å². The molecule has 0 amide bonds. The molecular formula is C33H34O3. The van der Waals surface area contributed by atoms with E-state index in [2.05, 4.69) is 143 Å². The predicted octanol–water partition coefficient (Wildman–Crippen LogP) is 8.39. The monoisotopic (exact) mass is 478 g/mol. The zero-order valence-corrected chi connectivity index (χ0v) is 21.4. The zero-order valence-electron chi connectivity index (χ0n) is 21.4. The van der Waals surface area contributed by atoms with Crippen LogP contribution in [0.3, 0.4) is 0 Å². The Morgan fingerprint density at radius 1 is 0.611 bits per heavy atom. The molecule has 3 nitrogen and oxygen atoms in total. The van der Waals surface area contributed by atoms with Gasteiger partial charge in [0.15, 0.2) is 0 Å². The Labute approximate surface area is 214 Å². The molecule has 0 aliphatic heterocycles. The first-order chi connectivity index (χ1) is 17.1. The Hall–Kier alpha value is -4.11. The van der Waals surface area contributed by atoms with Crippen LogP contribution in [-0.2, 0) is 15.6 Å². The summed E-state index contributed by atoms with van der Waals surface area (Å²) in [5.41, 5.74) is 5.05. The normalized spacial score (nSPS) is 11.1. The molecule has 0 aliphatic carbocycles. The highest BCUT2D eigenvalue weighted by Crippen LogP contribution is 2.35. The summed E-state index contributed by atoms with van der Waals surface area (Å²) in [5.74, 6) is 0.718. The molecule has 3 heteroatoms. The van der Waals surface area contributed by atoms with Crippen LogP contribution >= 0.6 is 0 Å². The Morgan fingerprint density at radius 3 is 1.17 bits per heavy atom. The molecule has 0 aromatic heterocycles. The highest BCUT2D eigenvalue weighted by Gasteiger charge is 2.24. The third kappa shape index (κ3) is 6.51. The molecule has 4 aromatic carbocycles. The molecule has 184 valence electrons. The van der Waals surface area contributed by atoms with Gasteiger partial charge in [-0.2, -0.15) is 0 Å². The molecular weight excluding hydrogens is 444 g/mol. The van der Waals surface area contributed by atoms with Gasteiger partial charge in [-0.3, -0.25) is 0 Å². The van der Waals surface area contributed by atoms with Crippen molar-refractivity contribution in [2.45, 2.75) is 38.5 Å². The van der Waals surface area contributed by atoms with Crippen molar-refractivity contribution in [1.82, 2.24) is 0 Å². The number of hydrogen-bond donors (Lipinski definition) is 1. The van der Waals surface area contributed by atoms with Crippen molar-refractivity contribution in [3.05, 3.63) is 144 Å². The average Bonchev–Trinajstić information content (AvgIpc) is 2.90. The topological polar surface area (TPSA) is 46.5 Å². The van der Waals surface area contributed by atoms with Gasteiger partial charge >= 0.3 is 5.97 Å². The van der Waals surface area contributed by atoms with Crippen molar-refractivity contribution >= 4 is 5.97 Å². The molecule has 0 atom stereocenters. The number of ether oxygens (including phenoxy) is 1. The Bertz CT molecular complexity index is 1160. The molecule has 1 N–H and O–H groups in total. The molecule has 0 unspecified atom stereocenters. The van der Waals surface area contributed by atoms with E-state index in [-0.39, 0.29) is 10.8 Å². The lowest BCUT2D eigenvalue weighted by molar-refractivity contribution is -0.131. The second-order valence-electron chi connectivity index (χ2n) is 9.68. The summed E-state index contributed by atoms with van der Waals surface area (Å²) in [6, 6.07) is 38.1. The molecule has 4 rings (SSSR count). The van der Waals surface area contributed by atoms with Crippen LogP contribution in [-0.4, -0.2) is 11.1 Å². The number of hydrogen-bond acceptors (Lipinski definition) is 2. The maximum absolute atomic E-state index is 9.25. The lowest BCUT2D eigenvalue weighted by atomic mass is 9.78. The summed E-state index contributed by atoms with van der Waals surface area (Å²) >= 11 is 0. The first-order valence-electron chi connectivity index (χ1n) is 12.0. The van der Waals surface area contributed by atoms with Gasteiger partial charge in [-0.05, 0) is 46.5 Å². The quantitative estimate of drug-likeness (QED) is 0.271. The molecule has 0 saturated carbocycles. The number of rotatable bonds is 7. The number of carbonyl (C=O) groups is 1. The maximum atomic E-state index is 9.25. The first kappa shape index (κ1) is 26.5. The van der Waals surface area contributed by atoms with E-state index in [1.165, 1.54) is 22.3 Å². The van der Waals surface area contributed by atoms with E-state index in [1.807, 2.05) is 0 Å². The van der Waals surface area contributed by atoms with Gasteiger partial charge in [-0.25, -0.2) is 4.79 Å². The van der Waals surface area contributed by atoms with Crippen molar-refractivity contribution in [3.63, 3.8) is 0 Å². The number of carboxylic acid groups (broad SMARTS) is 1. The van der Waals surface area contributed by atoms with Crippen LogP contribution in [0.4, 0.5) is 0 Å². The van der Waals surface area contributed by atoms with Gasteiger partial charge in [-0.1, -0.05) is 119 Å². The van der Waals surface area contributed by atoms with Crippen LogP contribution in [0.2, 0.25) is 0 Å². The summed E-state index contributed by atoms with van der Waals surface area (Å²) in [6.45, 7) is 12.0. The van der Waals surface area contributed by atoms with Crippen LogP contribution in [0.1, 0.15) is 49.9 Å². The van der Waals surface area contributed by atoms with Gasteiger partial charge in [-0.15, -0.1) is 0 Å². The summed E-state index contributed by atoms with van der Waals surface area (Å²) in [4.78, 5) is 9.25. The van der Waals surface area contributed by atoms with Gasteiger partial charge in [0.25, 0.3) is 0 Å². The molecule has 0 radical (unpaired) electrons. The van der Waals surface area contributed by atoms with Gasteiger partial charge in [0.1, 0.15) is 11.5 Å². The van der Waals surface area contributed by atoms with Crippen molar-refractivity contribution in [1.29, 1.82) is 0 Å². The molecule has 36 heavy (non-hydrogen) atoms. The molecule has 0 spiro atoms. The molecule has 0 fully saturated rings. The fourth-order valence-electron chi connectivity index (χ4n) is 4.06. The minimum Gasteiger partial charge on any atom is -0.478 e. The zero-order chi connectivity index (χ0) is 26.2. The second kappa shape index (κ2) is 11.5. The Morgan fingerprint density at radius 2 is 0.889 bits per heavy atom. The van der Waals surface area contributed by atoms with Crippen molar-refractivity contribution in [3.8, 4) is 11.5 Å². The van der Waals surface area contributed by atoms with Crippen LogP contribution in [0, 0.1) is 0 Å². The molecule has 0 aliphatic rings. The molecule has 0 saturated heterocycles. The molecule has 4 aromatic rings. The first-order valence-corrected chi connectivity index (χ1v) is 12.0. The summed E-state index contributed by atoms with van der Waals surface area (Å²) in [7, 11) is 0. The fourth-order valence-corrected chi connectivity index (χ4v) is 4.06.